The molecule has 110 valence electrons. The van der Waals surface area contributed by atoms with Crippen LogP contribution in [0.25, 0.3) is 11.3 Å². The zero-order valence-corrected chi connectivity index (χ0v) is 13.0. The Hall–Kier alpha value is -2.60. The SMILES string of the molecule is Cc1ccc(C(=O)Nc2nc(-c3cnccc3C)cs2)cn1. The van der Waals surface area contributed by atoms with Gasteiger partial charge in [-0.25, -0.2) is 4.98 Å². The number of aryl methyl sites for hydroxylation is 2. The maximum Gasteiger partial charge on any atom is 0.259 e. The average Bonchev–Trinajstić information content (AvgIpc) is 2.96. The molecule has 3 aromatic rings. The monoisotopic (exact) mass is 310 g/mol. The minimum atomic E-state index is -0.212. The third kappa shape index (κ3) is 3.01. The summed E-state index contributed by atoms with van der Waals surface area (Å²) in [5, 5.41) is 5.26. The fourth-order valence-electron chi connectivity index (χ4n) is 1.96. The highest BCUT2D eigenvalue weighted by atomic mass is 32.1. The molecule has 0 spiro atoms. The van der Waals surface area contributed by atoms with Gasteiger partial charge in [0.1, 0.15) is 0 Å². The number of amides is 1. The number of aromatic nitrogens is 3. The van der Waals surface area contributed by atoms with E-state index >= 15 is 0 Å². The van der Waals surface area contributed by atoms with Crippen LogP contribution < -0.4 is 5.32 Å². The number of nitrogens with one attached hydrogen (secondary N) is 1. The number of anilines is 1. The van der Waals surface area contributed by atoms with Crippen LogP contribution in [0.2, 0.25) is 0 Å². The molecule has 0 bridgehead atoms. The molecule has 0 aromatic carbocycles. The maximum absolute atomic E-state index is 12.1. The molecule has 3 rings (SSSR count). The van der Waals surface area contributed by atoms with Crippen molar-refractivity contribution in [3.05, 3.63) is 59.0 Å². The standard InChI is InChI=1S/C16H14N4OS/c1-10-5-6-17-8-13(10)14-9-22-16(19-14)20-15(21)12-4-3-11(2)18-7-12/h3-9H,1-2H3,(H,19,20,21). The van der Waals surface area contributed by atoms with Gasteiger partial charge in [-0.15, -0.1) is 11.3 Å². The van der Waals surface area contributed by atoms with Crippen molar-refractivity contribution in [3.63, 3.8) is 0 Å². The maximum atomic E-state index is 12.1. The summed E-state index contributed by atoms with van der Waals surface area (Å²) in [6.07, 6.45) is 5.09. The van der Waals surface area contributed by atoms with Crippen molar-refractivity contribution in [1.82, 2.24) is 15.0 Å². The van der Waals surface area contributed by atoms with Crippen molar-refractivity contribution in [2.24, 2.45) is 0 Å². The molecule has 0 saturated heterocycles. The minimum Gasteiger partial charge on any atom is -0.298 e. The van der Waals surface area contributed by atoms with Crippen LogP contribution in [-0.4, -0.2) is 20.9 Å². The zero-order chi connectivity index (χ0) is 15.5. The van der Waals surface area contributed by atoms with Crippen molar-refractivity contribution < 1.29 is 4.79 Å². The Morgan fingerprint density at radius 1 is 1.18 bits per heavy atom. The lowest BCUT2D eigenvalue weighted by Gasteiger charge is -2.02. The first kappa shape index (κ1) is 14.3. The van der Waals surface area contributed by atoms with Crippen LogP contribution in [0.5, 0.6) is 0 Å². The third-order valence-electron chi connectivity index (χ3n) is 3.21. The Labute approximate surface area is 132 Å². The van der Waals surface area contributed by atoms with E-state index in [1.807, 2.05) is 25.3 Å². The summed E-state index contributed by atoms with van der Waals surface area (Å²) in [5.74, 6) is -0.212. The van der Waals surface area contributed by atoms with E-state index in [1.165, 1.54) is 11.3 Å². The fourth-order valence-corrected chi connectivity index (χ4v) is 2.66. The van der Waals surface area contributed by atoms with E-state index in [1.54, 1.807) is 30.7 Å². The van der Waals surface area contributed by atoms with Gasteiger partial charge in [-0.1, -0.05) is 0 Å². The zero-order valence-electron chi connectivity index (χ0n) is 12.2. The molecule has 0 fully saturated rings. The first-order valence-corrected chi connectivity index (χ1v) is 7.62. The van der Waals surface area contributed by atoms with Crippen molar-refractivity contribution in [2.45, 2.75) is 13.8 Å². The average molecular weight is 310 g/mol. The van der Waals surface area contributed by atoms with Crippen molar-refractivity contribution in [2.75, 3.05) is 5.32 Å². The normalized spacial score (nSPS) is 10.5. The summed E-state index contributed by atoms with van der Waals surface area (Å²) in [6.45, 7) is 3.89. The van der Waals surface area contributed by atoms with Gasteiger partial charge >= 0.3 is 0 Å². The summed E-state index contributed by atoms with van der Waals surface area (Å²) in [7, 11) is 0. The molecule has 0 atom stereocenters. The van der Waals surface area contributed by atoms with Gasteiger partial charge in [-0.05, 0) is 37.6 Å². The fraction of sp³-hybridized carbons (Fsp3) is 0.125. The number of carbonyl (C=O) groups is 1. The highest BCUT2D eigenvalue weighted by Crippen LogP contribution is 2.26. The van der Waals surface area contributed by atoms with Gasteiger partial charge in [0.25, 0.3) is 5.91 Å². The summed E-state index contributed by atoms with van der Waals surface area (Å²) in [5.41, 5.74) is 4.27. The van der Waals surface area contributed by atoms with E-state index in [4.69, 9.17) is 0 Å². The number of nitrogens with zero attached hydrogens (tertiary/aromatic N) is 3. The largest absolute Gasteiger partial charge is 0.298 e. The topological polar surface area (TPSA) is 67.8 Å². The first-order chi connectivity index (χ1) is 10.6. The molecule has 0 aliphatic carbocycles. The predicted octanol–water partition coefficient (Wildman–Crippen LogP) is 3.47. The predicted molar refractivity (Wildman–Crippen MR) is 87.0 cm³/mol. The van der Waals surface area contributed by atoms with Crippen LogP contribution in [-0.2, 0) is 0 Å². The van der Waals surface area contributed by atoms with Crippen molar-refractivity contribution in [3.8, 4) is 11.3 Å². The molecule has 1 N–H and O–H groups in total. The van der Waals surface area contributed by atoms with Gasteiger partial charge in [-0.3, -0.25) is 20.1 Å². The highest BCUT2D eigenvalue weighted by molar-refractivity contribution is 7.14. The molecule has 5 nitrogen and oxygen atoms in total. The van der Waals surface area contributed by atoms with Gasteiger partial charge < -0.3 is 0 Å². The van der Waals surface area contributed by atoms with E-state index < -0.39 is 0 Å². The van der Waals surface area contributed by atoms with E-state index in [0.717, 1.165) is 22.5 Å². The molecule has 3 aromatic heterocycles. The molecule has 3 heterocycles. The van der Waals surface area contributed by atoms with Gasteiger partial charge in [0, 0.05) is 35.2 Å². The number of carbonyl (C=O) groups excluding carboxylic acids is 1. The van der Waals surface area contributed by atoms with Gasteiger partial charge in [0.05, 0.1) is 11.3 Å². The molecule has 0 aliphatic heterocycles. The highest BCUT2D eigenvalue weighted by Gasteiger charge is 2.11. The molecule has 0 aliphatic rings. The molecule has 1 amide bonds. The van der Waals surface area contributed by atoms with E-state index in [2.05, 4.69) is 20.3 Å². The van der Waals surface area contributed by atoms with Crippen molar-refractivity contribution in [1.29, 1.82) is 0 Å². The van der Waals surface area contributed by atoms with Crippen LogP contribution in [0.3, 0.4) is 0 Å². The molecule has 0 unspecified atom stereocenters. The number of pyridine rings is 2. The first-order valence-electron chi connectivity index (χ1n) is 6.74. The Balaban J connectivity index is 1.78. The number of hydrogen-bond donors (Lipinski definition) is 1. The van der Waals surface area contributed by atoms with E-state index in [-0.39, 0.29) is 5.91 Å². The molecule has 0 radical (unpaired) electrons. The van der Waals surface area contributed by atoms with E-state index in [0.29, 0.717) is 10.7 Å². The van der Waals surface area contributed by atoms with Gasteiger partial charge in [-0.2, -0.15) is 0 Å². The number of thiazole rings is 1. The summed E-state index contributed by atoms with van der Waals surface area (Å²) >= 11 is 1.39. The Kier molecular flexibility index (Phi) is 3.93. The quantitative estimate of drug-likeness (QED) is 0.804. The second-order valence-electron chi connectivity index (χ2n) is 4.87. The second kappa shape index (κ2) is 6.03. The smallest absolute Gasteiger partial charge is 0.259 e. The van der Waals surface area contributed by atoms with Crippen LogP contribution >= 0.6 is 11.3 Å². The minimum absolute atomic E-state index is 0.212. The van der Waals surface area contributed by atoms with Gasteiger partial charge in [0.2, 0.25) is 0 Å². The van der Waals surface area contributed by atoms with Crippen LogP contribution in [0.1, 0.15) is 21.6 Å². The number of hydrogen-bond acceptors (Lipinski definition) is 5. The summed E-state index contributed by atoms with van der Waals surface area (Å²) in [4.78, 5) is 24.8. The lowest BCUT2D eigenvalue weighted by Crippen LogP contribution is -2.12. The van der Waals surface area contributed by atoms with Crippen molar-refractivity contribution >= 4 is 22.4 Å². The van der Waals surface area contributed by atoms with E-state index in [9.17, 15) is 4.79 Å². The van der Waals surface area contributed by atoms with Crippen LogP contribution in [0, 0.1) is 13.8 Å². The molecule has 0 saturated carbocycles. The van der Waals surface area contributed by atoms with Gasteiger partial charge in [0.15, 0.2) is 5.13 Å². The second-order valence-corrected chi connectivity index (χ2v) is 5.73. The summed E-state index contributed by atoms with van der Waals surface area (Å²) in [6, 6.07) is 5.49. The molecular weight excluding hydrogens is 296 g/mol. The number of rotatable bonds is 3. The third-order valence-corrected chi connectivity index (χ3v) is 3.97. The Morgan fingerprint density at radius 3 is 2.77 bits per heavy atom. The molecule has 6 heteroatoms. The summed E-state index contributed by atoms with van der Waals surface area (Å²) < 4.78 is 0. The Morgan fingerprint density at radius 2 is 2.05 bits per heavy atom. The Bertz CT molecular complexity index is 811. The lowest BCUT2D eigenvalue weighted by molar-refractivity contribution is 0.102. The van der Waals surface area contributed by atoms with Crippen LogP contribution in [0.4, 0.5) is 5.13 Å². The van der Waals surface area contributed by atoms with Crippen LogP contribution in [0.15, 0.2) is 42.2 Å². The molecule has 22 heavy (non-hydrogen) atoms. The lowest BCUT2D eigenvalue weighted by atomic mass is 10.1. The molecular formula is C16H14N4OS.